The lowest BCUT2D eigenvalue weighted by Gasteiger charge is -2.32. The third-order valence-corrected chi connectivity index (χ3v) is 5.63. The molecule has 1 aliphatic rings. The number of benzene rings is 2. The van der Waals surface area contributed by atoms with Crippen molar-refractivity contribution in [1.82, 2.24) is 5.32 Å². The van der Waals surface area contributed by atoms with Gasteiger partial charge in [-0.3, -0.25) is 14.9 Å². The maximum absolute atomic E-state index is 12.4. The molecule has 5 N–H and O–H groups in total. The number of carbonyl (C=O) groups excluding carboxylic acids is 2. The van der Waals surface area contributed by atoms with Gasteiger partial charge in [0.05, 0.1) is 22.4 Å². The van der Waals surface area contributed by atoms with Crippen LogP contribution in [0, 0.1) is 0 Å². The molecule has 0 unspecified atom stereocenters. The summed E-state index contributed by atoms with van der Waals surface area (Å²) in [5.74, 6) is -0.829. The van der Waals surface area contributed by atoms with Crippen LogP contribution in [-0.4, -0.2) is 16.9 Å². The van der Waals surface area contributed by atoms with Crippen LogP contribution in [0.4, 0.5) is 17.1 Å². The largest absolute Gasteiger partial charge is 0.396 e. The molecule has 0 saturated heterocycles. The van der Waals surface area contributed by atoms with Crippen LogP contribution in [0.2, 0.25) is 0 Å². The zero-order valence-electron chi connectivity index (χ0n) is 17.1. The molecule has 0 atom stereocenters. The Labute approximate surface area is 176 Å². The Hall–Kier alpha value is -2.93. The van der Waals surface area contributed by atoms with Gasteiger partial charge in [0.1, 0.15) is 0 Å². The van der Waals surface area contributed by atoms with E-state index in [2.05, 4.69) is 41.9 Å². The fourth-order valence-electron chi connectivity index (χ4n) is 3.61. The average Bonchev–Trinajstić information content (AvgIpc) is 2.68. The number of thiocarbonyl (C=S) groups is 1. The molecule has 0 saturated carbocycles. The Kier molecular flexibility index (Phi) is 5.61. The summed E-state index contributed by atoms with van der Waals surface area (Å²) >= 11 is 5.51. The van der Waals surface area contributed by atoms with Gasteiger partial charge in [-0.15, -0.1) is 0 Å². The number of hydrogen-bond donors (Lipinski definition) is 4. The molecule has 1 aliphatic heterocycles. The van der Waals surface area contributed by atoms with Gasteiger partial charge in [0.15, 0.2) is 5.11 Å². The number of carbonyl (C=O) groups is 2. The summed E-state index contributed by atoms with van der Waals surface area (Å²) in [7, 11) is 0. The van der Waals surface area contributed by atoms with Crippen LogP contribution in [0.5, 0.6) is 0 Å². The number of imide groups is 1. The number of nitrogen functional groups attached to an aromatic ring is 1. The highest BCUT2D eigenvalue weighted by atomic mass is 32.1. The van der Waals surface area contributed by atoms with Gasteiger partial charge < -0.3 is 16.4 Å². The number of fused-ring (bicyclic) bond motifs is 1. The maximum atomic E-state index is 12.4. The number of anilines is 3. The van der Waals surface area contributed by atoms with Gasteiger partial charge in [-0.05, 0) is 61.7 Å². The molecule has 152 valence electrons. The molecule has 0 aliphatic carbocycles. The quantitative estimate of drug-likeness (QED) is 0.348. The van der Waals surface area contributed by atoms with Gasteiger partial charge in [-0.2, -0.15) is 0 Å². The second-order valence-electron chi connectivity index (χ2n) is 7.60. The molecule has 0 aromatic heterocycles. The molecule has 2 aromatic rings. The van der Waals surface area contributed by atoms with Crippen molar-refractivity contribution in [3.63, 3.8) is 0 Å². The summed E-state index contributed by atoms with van der Waals surface area (Å²) in [5, 5.41) is 9.15. The first-order chi connectivity index (χ1) is 13.7. The summed E-state index contributed by atoms with van der Waals surface area (Å²) in [6, 6.07) is 9.69. The fourth-order valence-corrected chi connectivity index (χ4v) is 3.82. The van der Waals surface area contributed by atoms with E-state index in [1.807, 2.05) is 6.07 Å². The summed E-state index contributed by atoms with van der Waals surface area (Å²) in [5.41, 5.74) is 10.5. The van der Waals surface area contributed by atoms with Gasteiger partial charge in [-0.25, -0.2) is 0 Å². The van der Waals surface area contributed by atoms with Crippen LogP contribution < -0.4 is 21.7 Å². The van der Waals surface area contributed by atoms with Crippen LogP contribution in [-0.2, 0) is 23.1 Å². The van der Waals surface area contributed by atoms with E-state index in [0.717, 1.165) is 18.5 Å². The van der Waals surface area contributed by atoms with Crippen LogP contribution in [0.25, 0.3) is 0 Å². The SMILES string of the molecule is CCc1cccc(CC)c1NC(=S)Nc1ccc2c(c1N)C(=O)NC(=O)C2(C)C. The Bertz CT molecular complexity index is 992. The zero-order chi connectivity index (χ0) is 21.3. The van der Waals surface area contributed by atoms with Crippen molar-refractivity contribution < 1.29 is 9.59 Å². The number of nitrogens with one attached hydrogen (secondary N) is 3. The average molecular weight is 411 g/mol. The number of para-hydroxylation sites is 1. The van der Waals surface area contributed by atoms with Crippen molar-refractivity contribution in [2.45, 2.75) is 46.0 Å². The minimum absolute atomic E-state index is 0.268. The second kappa shape index (κ2) is 7.83. The molecule has 0 radical (unpaired) electrons. The molecule has 0 fully saturated rings. The van der Waals surface area contributed by atoms with E-state index in [1.165, 1.54) is 11.1 Å². The number of aryl methyl sites for hydroxylation is 2. The molecule has 0 spiro atoms. The van der Waals surface area contributed by atoms with Gasteiger partial charge in [0, 0.05) is 5.69 Å². The predicted octanol–water partition coefficient (Wildman–Crippen LogP) is 3.75. The Morgan fingerprint density at radius 1 is 1.07 bits per heavy atom. The Morgan fingerprint density at radius 3 is 2.28 bits per heavy atom. The van der Waals surface area contributed by atoms with E-state index in [-0.39, 0.29) is 11.6 Å². The van der Waals surface area contributed by atoms with E-state index in [1.54, 1.807) is 26.0 Å². The van der Waals surface area contributed by atoms with E-state index in [9.17, 15) is 9.59 Å². The maximum Gasteiger partial charge on any atom is 0.260 e. The van der Waals surface area contributed by atoms with Crippen molar-refractivity contribution in [2.24, 2.45) is 0 Å². The van der Waals surface area contributed by atoms with E-state index in [4.69, 9.17) is 18.0 Å². The molecule has 2 amide bonds. The highest BCUT2D eigenvalue weighted by Gasteiger charge is 2.40. The fraction of sp³-hybridized carbons (Fsp3) is 0.318. The van der Waals surface area contributed by atoms with Gasteiger partial charge in [0.2, 0.25) is 5.91 Å². The standard InChI is InChI=1S/C22H26N4O2S/c1-5-12-8-7-9-13(6-2)18(12)25-21(29)24-15-11-10-14-16(17(15)23)19(27)26-20(28)22(14,3)4/h7-11H,5-6,23H2,1-4H3,(H2,24,25,29)(H,26,27,28). The zero-order valence-corrected chi connectivity index (χ0v) is 17.9. The molecule has 3 rings (SSSR count). The first-order valence-corrected chi connectivity index (χ1v) is 10.1. The Morgan fingerprint density at radius 2 is 1.69 bits per heavy atom. The predicted molar refractivity (Wildman–Crippen MR) is 121 cm³/mol. The van der Waals surface area contributed by atoms with Crippen molar-refractivity contribution >= 4 is 46.2 Å². The topological polar surface area (TPSA) is 96.2 Å². The summed E-state index contributed by atoms with van der Waals surface area (Å²) in [6.45, 7) is 7.72. The van der Waals surface area contributed by atoms with Gasteiger partial charge in [-0.1, -0.05) is 38.1 Å². The van der Waals surface area contributed by atoms with Crippen LogP contribution in [0.15, 0.2) is 30.3 Å². The van der Waals surface area contributed by atoms with Crippen LogP contribution in [0.3, 0.4) is 0 Å². The van der Waals surface area contributed by atoms with Crippen molar-refractivity contribution in [2.75, 3.05) is 16.4 Å². The molecule has 6 nitrogen and oxygen atoms in total. The van der Waals surface area contributed by atoms with Crippen LogP contribution >= 0.6 is 12.2 Å². The molecule has 1 heterocycles. The molecule has 2 aromatic carbocycles. The Balaban J connectivity index is 1.91. The first kappa shape index (κ1) is 20.8. The van der Waals surface area contributed by atoms with E-state index < -0.39 is 11.3 Å². The summed E-state index contributed by atoms with van der Waals surface area (Å²) < 4.78 is 0. The first-order valence-electron chi connectivity index (χ1n) is 9.68. The molecular formula is C22H26N4O2S. The summed E-state index contributed by atoms with van der Waals surface area (Å²) in [4.78, 5) is 24.6. The highest BCUT2D eigenvalue weighted by molar-refractivity contribution is 7.80. The number of hydrogen-bond acceptors (Lipinski definition) is 4. The van der Waals surface area contributed by atoms with Gasteiger partial charge in [0.25, 0.3) is 5.91 Å². The lowest BCUT2D eigenvalue weighted by atomic mass is 9.77. The van der Waals surface area contributed by atoms with Crippen LogP contribution in [0.1, 0.15) is 54.7 Å². The second-order valence-corrected chi connectivity index (χ2v) is 8.00. The summed E-state index contributed by atoms with van der Waals surface area (Å²) in [6.07, 6.45) is 1.76. The van der Waals surface area contributed by atoms with Gasteiger partial charge >= 0.3 is 0 Å². The third-order valence-electron chi connectivity index (χ3n) is 5.43. The van der Waals surface area contributed by atoms with Crippen molar-refractivity contribution in [1.29, 1.82) is 0 Å². The lowest BCUT2D eigenvalue weighted by Crippen LogP contribution is -2.49. The molecule has 29 heavy (non-hydrogen) atoms. The monoisotopic (exact) mass is 410 g/mol. The van der Waals surface area contributed by atoms with Crippen molar-refractivity contribution in [3.05, 3.63) is 52.6 Å². The van der Waals surface area contributed by atoms with Crippen molar-refractivity contribution in [3.8, 4) is 0 Å². The number of nitrogens with two attached hydrogens (primary N) is 1. The normalized spacial score (nSPS) is 14.8. The number of amides is 2. The van der Waals surface area contributed by atoms with E-state index >= 15 is 0 Å². The minimum Gasteiger partial charge on any atom is -0.396 e. The third kappa shape index (κ3) is 3.70. The number of rotatable bonds is 4. The minimum atomic E-state index is -0.843. The smallest absolute Gasteiger partial charge is 0.260 e. The lowest BCUT2D eigenvalue weighted by molar-refractivity contribution is -0.125. The molecule has 0 bridgehead atoms. The highest BCUT2D eigenvalue weighted by Crippen LogP contribution is 2.37. The van der Waals surface area contributed by atoms with E-state index in [0.29, 0.717) is 21.9 Å². The molecule has 7 heteroatoms. The molecular weight excluding hydrogens is 384 g/mol.